The van der Waals surface area contributed by atoms with E-state index in [9.17, 15) is 18.0 Å². The number of carbonyl (C=O) groups is 1. The van der Waals surface area contributed by atoms with Crippen LogP contribution in [-0.2, 0) is 14.8 Å². The van der Waals surface area contributed by atoms with E-state index in [0.29, 0.717) is 11.3 Å². The monoisotopic (exact) mass is 280 g/mol. The number of nitrogens with one attached hydrogen (secondary N) is 2. The molecule has 1 rings (SSSR count). The van der Waals surface area contributed by atoms with Gasteiger partial charge < -0.3 is 10.1 Å². The van der Waals surface area contributed by atoms with E-state index in [1.54, 1.807) is 0 Å². The molecule has 0 aliphatic heterocycles. The van der Waals surface area contributed by atoms with Crippen LogP contribution in [0.5, 0.6) is 0 Å². The van der Waals surface area contributed by atoms with Crippen molar-refractivity contribution in [1.82, 2.24) is 9.71 Å². The van der Waals surface area contributed by atoms with E-state index in [1.165, 1.54) is 20.8 Å². The van der Waals surface area contributed by atoms with Crippen LogP contribution >= 0.6 is 11.3 Å². The van der Waals surface area contributed by atoms with Crippen molar-refractivity contribution in [3.05, 3.63) is 15.4 Å². The maximum atomic E-state index is 11.9. The van der Waals surface area contributed by atoms with Gasteiger partial charge in [-0.1, -0.05) is 11.3 Å². The number of hydrogen-bond acceptors (Lipinski definition) is 5. The summed E-state index contributed by atoms with van der Waals surface area (Å²) in [6.07, 6.45) is 0. The molecule has 9 heteroatoms. The minimum atomic E-state index is -4.02. The Kier molecular flexibility index (Phi) is 3.46. The zero-order chi connectivity index (χ0) is 13.4. The number of H-pyrrole nitrogens is 1. The lowest BCUT2D eigenvalue weighted by atomic mass is 10.1. The van der Waals surface area contributed by atoms with Gasteiger partial charge in [0.1, 0.15) is 5.54 Å². The van der Waals surface area contributed by atoms with Gasteiger partial charge in [0, 0.05) is 5.69 Å². The number of carboxylic acids is 1. The number of sulfonamides is 1. The predicted molar refractivity (Wildman–Crippen MR) is 61.7 cm³/mol. The van der Waals surface area contributed by atoms with Crippen molar-refractivity contribution in [3.8, 4) is 0 Å². The van der Waals surface area contributed by atoms with E-state index in [2.05, 4.69) is 4.98 Å². The Bertz CT molecular complexity index is 596. The van der Waals surface area contributed by atoms with Crippen LogP contribution in [0.15, 0.2) is 9.00 Å². The van der Waals surface area contributed by atoms with Crippen LogP contribution in [0.1, 0.15) is 19.5 Å². The fourth-order valence-corrected chi connectivity index (χ4v) is 3.75. The molecule has 1 aromatic heterocycles. The van der Waals surface area contributed by atoms with Gasteiger partial charge in [-0.05, 0) is 20.8 Å². The van der Waals surface area contributed by atoms with Gasteiger partial charge in [-0.2, -0.15) is 4.72 Å². The fraction of sp³-hybridized carbons (Fsp3) is 0.500. The molecule has 0 bridgehead atoms. The van der Waals surface area contributed by atoms with Gasteiger partial charge in [0.25, 0.3) is 10.0 Å². The third kappa shape index (κ3) is 2.93. The Balaban J connectivity index is 3.18. The molecule has 0 atom stereocenters. The number of aromatic nitrogens is 1. The Morgan fingerprint density at radius 2 is 2.00 bits per heavy atom. The number of hydrogen-bond donors (Lipinski definition) is 3. The number of aryl methyl sites for hydroxylation is 1. The summed E-state index contributed by atoms with van der Waals surface area (Å²) in [5, 5.41) is 8.83. The first kappa shape index (κ1) is 13.9. The molecule has 0 spiro atoms. The van der Waals surface area contributed by atoms with E-state index < -0.39 is 26.4 Å². The minimum Gasteiger partial charge on any atom is -0.480 e. The summed E-state index contributed by atoms with van der Waals surface area (Å²) in [5.74, 6) is -1.30. The van der Waals surface area contributed by atoms with Crippen molar-refractivity contribution in [2.75, 3.05) is 0 Å². The maximum absolute atomic E-state index is 11.9. The summed E-state index contributed by atoms with van der Waals surface area (Å²) in [4.78, 5) is 23.7. The van der Waals surface area contributed by atoms with E-state index in [0.717, 1.165) is 0 Å². The van der Waals surface area contributed by atoms with E-state index in [1.807, 2.05) is 4.72 Å². The summed E-state index contributed by atoms with van der Waals surface area (Å²) >= 11 is 0.519. The van der Waals surface area contributed by atoms with Crippen molar-refractivity contribution in [3.63, 3.8) is 0 Å². The Labute approximate surface area is 102 Å². The van der Waals surface area contributed by atoms with E-state index >= 15 is 0 Å². The van der Waals surface area contributed by atoms with Crippen molar-refractivity contribution >= 4 is 27.3 Å². The van der Waals surface area contributed by atoms with Gasteiger partial charge in [0.15, 0.2) is 4.21 Å². The molecule has 0 saturated carbocycles. The number of carboxylic acid groups (broad SMARTS) is 1. The predicted octanol–water partition coefficient (Wildman–Crippen LogP) is -0.114. The van der Waals surface area contributed by atoms with Crippen LogP contribution in [0.2, 0.25) is 0 Å². The third-order valence-electron chi connectivity index (χ3n) is 1.95. The van der Waals surface area contributed by atoms with Gasteiger partial charge >= 0.3 is 10.8 Å². The SMILES string of the molecule is Cc1[nH]c(=O)sc1S(=O)(=O)NC(C)(C)C(=O)O. The quantitative estimate of drug-likeness (QED) is 0.711. The van der Waals surface area contributed by atoms with Crippen LogP contribution < -0.4 is 9.60 Å². The summed E-state index contributed by atoms with van der Waals surface area (Å²) < 4.78 is 25.6. The van der Waals surface area contributed by atoms with Gasteiger partial charge in [-0.25, -0.2) is 8.42 Å². The van der Waals surface area contributed by atoms with Crippen molar-refractivity contribution in [2.24, 2.45) is 0 Å². The average Bonchev–Trinajstić information content (AvgIpc) is 2.43. The average molecular weight is 280 g/mol. The van der Waals surface area contributed by atoms with Crippen LogP contribution in [0.3, 0.4) is 0 Å². The van der Waals surface area contributed by atoms with Gasteiger partial charge in [0.05, 0.1) is 0 Å². The fourth-order valence-electron chi connectivity index (χ4n) is 1.07. The largest absolute Gasteiger partial charge is 0.480 e. The summed E-state index contributed by atoms with van der Waals surface area (Å²) in [7, 11) is -4.02. The summed E-state index contributed by atoms with van der Waals surface area (Å²) in [6.45, 7) is 3.87. The Hall–Kier alpha value is -1.19. The third-order valence-corrected chi connectivity index (χ3v) is 5.21. The molecule has 0 amide bonds. The molecule has 0 saturated heterocycles. The van der Waals surface area contributed by atoms with E-state index in [-0.39, 0.29) is 9.90 Å². The second-order valence-electron chi connectivity index (χ2n) is 3.96. The molecule has 1 aromatic rings. The lowest BCUT2D eigenvalue weighted by molar-refractivity contribution is -0.142. The molecular weight excluding hydrogens is 268 g/mol. The highest BCUT2D eigenvalue weighted by atomic mass is 32.2. The van der Waals surface area contributed by atoms with Gasteiger partial charge in [0.2, 0.25) is 0 Å². The zero-order valence-electron chi connectivity index (χ0n) is 9.40. The number of aromatic amines is 1. The van der Waals surface area contributed by atoms with Crippen LogP contribution in [-0.4, -0.2) is 30.0 Å². The molecule has 1 heterocycles. The van der Waals surface area contributed by atoms with Gasteiger partial charge in [-0.15, -0.1) is 0 Å². The van der Waals surface area contributed by atoms with Crippen LogP contribution in [0.4, 0.5) is 0 Å². The normalized spacial score (nSPS) is 12.6. The number of aliphatic carboxylic acids is 1. The molecule has 7 nitrogen and oxygen atoms in total. The highest BCUT2D eigenvalue weighted by Crippen LogP contribution is 2.18. The summed E-state index contributed by atoms with van der Waals surface area (Å²) in [6, 6.07) is 0. The topological polar surface area (TPSA) is 116 Å². The molecule has 0 unspecified atom stereocenters. The minimum absolute atomic E-state index is 0.189. The molecule has 0 radical (unpaired) electrons. The lowest BCUT2D eigenvalue weighted by Crippen LogP contribution is -2.49. The molecule has 0 aliphatic rings. The molecule has 0 aromatic carbocycles. The highest BCUT2D eigenvalue weighted by Gasteiger charge is 2.34. The van der Waals surface area contributed by atoms with Crippen LogP contribution in [0.25, 0.3) is 0 Å². The smallest absolute Gasteiger partial charge is 0.324 e. The first-order valence-electron chi connectivity index (χ1n) is 4.53. The molecular formula is C8H12N2O5S2. The van der Waals surface area contributed by atoms with Crippen molar-refractivity contribution in [1.29, 1.82) is 0 Å². The van der Waals surface area contributed by atoms with Crippen molar-refractivity contribution in [2.45, 2.75) is 30.5 Å². The van der Waals surface area contributed by atoms with Crippen molar-refractivity contribution < 1.29 is 18.3 Å². The number of rotatable bonds is 4. The lowest BCUT2D eigenvalue weighted by Gasteiger charge is -2.20. The summed E-state index contributed by atoms with van der Waals surface area (Å²) in [5.41, 5.74) is -1.45. The Morgan fingerprint density at radius 3 is 2.35 bits per heavy atom. The first-order valence-corrected chi connectivity index (χ1v) is 6.83. The first-order chi connectivity index (χ1) is 7.56. The Morgan fingerprint density at radius 1 is 1.47 bits per heavy atom. The standard InChI is InChI=1S/C8H12N2O5S2/c1-4-5(16-7(13)9-4)17(14,15)10-8(2,3)6(11)12/h10H,1-3H3,(H,9,13)(H,11,12). The number of thiazole rings is 1. The molecule has 96 valence electrons. The zero-order valence-corrected chi connectivity index (χ0v) is 11.0. The second-order valence-corrected chi connectivity index (χ2v) is 6.82. The molecule has 17 heavy (non-hydrogen) atoms. The maximum Gasteiger partial charge on any atom is 0.324 e. The van der Waals surface area contributed by atoms with Gasteiger partial charge in [-0.3, -0.25) is 9.59 Å². The van der Waals surface area contributed by atoms with E-state index in [4.69, 9.17) is 5.11 Å². The van der Waals surface area contributed by atoms with Crippen LogP contribution in [0, 0.1) is 6.92 Å². The molecule has 0 fully saturated rings. The molecule has 0 aliphatic carbocycles. The second kappa shape index (κ2) is 4.24. The molecule has 3 N–H and O–H groups in total. The highest BCUT2D eigenvalue weighted by molar-refractivity contribution is 7.91.